The van der Waals surface area contributed by atoms with Crippen molar-refractivity contribution in [2.45, 2.75) is 19.4 Å². The van der Waals surface area contributed by atoms with Gasteiger partial charge < -0.3 is 10.6 Å². The zero-order chi connectivity index (χ0) is 12.4. The van der Waals surface area contributed by atoms with E-state index in [9.17, 15) is 10.1 Å². The summed E-state index contributed by atoms with van der Waals surface area (Å²) in [6.07, 6.45) is 2.60. The molecular formula is C12H17N3O2. The van der Waals surface area contributed by atoms with Crippen molar-refractivity contribution in [1.29, 1.82) is 0 Å². The molecule has 0 unspecified atom stereocenters. The molecule has 2 rings (SSSR count). The molecule has 92 valence electrons. The number of rotatable bonds is 5. The fraction of sp³-hybridized carbons (Fsp3) is 0.500. The second-order valence-corrected chi connectivity index (χ2v) is 4.78. The summed E-state index contributed by atoms with van der Waals surface area (Å²) < 4.78 is 0. The van der Waals surface area contributed by atoms with Gasteiger partial charge in [0.2, 0.25) is 0 Å². The van der Waals surface area contributed by atoms with E-state index in [4.69, 9.17) is 5.73 Å². The number of nitrogens with zero attached hydrogens (tertiary/aromatic N) is 2. The van der Waals surface area contributed by atoms with Crippen LogP contribution in [0, 0.1) is 16.0 Å². The van der Waals surface area contributed by atoms with Gasteiger partial charge in [0.1, 0.15) is 0 Å². The maximum atomic E-state index is 10.7. The van der Waals surface area contributed by atoms with Gasteiger partial charge in [-0.3, -0.25) is 10.1 Å². The maximum Gasteiger partial charge on any atom is 0.269 e. The highest BCUT2D eigenvalue weighted by Crippen LogP contribution is 2.30. The average molecular weight is 235 g/mol. The van der Waals surface area contributed by atoms with Crippen LogP contribution in [0.5, 0.6) is 0 Å². The molecule has 1 saturated carbocycles. The maximum absolute atomic E-state index is 10.7. The van der Waals surface area contributed by atoms with Crippen LogP contribution >= 0.6 is 0 Å². The Hall–Kier alpha value is -1.62. The van der Waals surface area contributed by atoms with E-state index in [-0.39, 0.29) is 10.6 Å². The molecule has 0 bridgehead atoms. The SMILES string of the molecule is CN(Cc1cc([N+](=O)[O-])ccc1N)CC1CC1. The van der Waals surface area contributed by atoms with E-state index in [1.54, 1.807) is 12.1 Å². The van der Waals surface area contributed by atoms with Gasteiger partial charge in [-0.15, -0.1) is 0 Å². The number of non-ortho nitro benzene ring substituents is 1. The van der Waals surface area contributed by atoms with E-state index in [1.165, 1.54) is 18.9 Å². The summed E-state index contributed by atoms with van der Waals surface area (Å²) in [6, 6.07) is 4.62. The lowest BCUT2D eigenvalue weighted by Gasteiger charge is -2.17. The Kier molecular flexibility index (Phi) is 3.28. The molecule has 1 fully saturated rings. The van der Waals surface area contributed by atoms with Crippen molar-refractivity contribution in [3.05, 3.63) is 33.9 Å². The number of nitro groups is 1. The van der Waals surface area contributed by atoms with Crippen LogP contribution in [-0.4, -0.2) is 23.4 Å². The van der Waals surface area contributed by atoms with Crippen molar-refractivity contribution < 1.29 is 4.92 Å². The van der Waals surface area contributed by atoms with Crippen LogP contribution in [0.15, 0.2) is 18.2 Å². The van der Waals surface area contributed by atoms with Gasteiger partial charge in [0, 0.05) is 30.9 Å². The topological polar surface area (TPSA) is 72.4 Å². The standard InChI is InChI=1S/C12H17N3O2/c1-14(7-9-2-3-9)8-10-6-11(15(16)17)4-5-12(10)13/h4-6,9H,2-3,7-8,13H2,1H3. The van der Waals surface area contributed by atoms with Crippen molar-refractivity contribution in [2.24, 2.45) is 5.92 Å². The van der Waals surface area contributed by atoms with E-state index in [2.05, 4.69) is 4.90 Å². The van der Waals surface area contributed by atoms with Gasteiger partial charge in [-0.25, -0.2) is 0 Å². The number of nitrogen functional groups attached to an aromatic ring is 1. The molecule has 0 amide bonds. The zero-order valence-electron chi connectivity index (χ0n) is 9.93. The zero-order valence-corrected chi connectivity index (χ0v) is 9.93. The van der Waals surface area contributed by atoms with Crippen LogP contribution in [0.3, 0.4) is 0 Å². The second kappa shape index (κ2) is 4.71. The molecule has 0 heterocycles. The van der Waals surface area contributed by atoms with Gasteiger partial charge in [0.25, 0.3) is 5.69 Å². The van der Waals surface area contributed by atoms with Gasteiger partial charge in [-0.1, -0.05) is 0 Å². The van der Waals surface area contributed by atoms with Crippen LogP contribution < -0.4 is 5.73 Å². The first-order valence-corrected chi connectivity index (χ1v) is 5.77. The third-order valence-corrected chi connectivity index (χ3v) is 3.04. The third-order valence-electron chi connectivity index (χ3n) is 3.04. The van der Waals surface area contributed by atoms with Gasteiger partial charge in [-0.05, 0) is 37.4 Å². The molecule has 1 aromatic carbocycles. The highest BCUT2D eigenvalue weighted by molar-refractivity contribution is 5.52. The molecule has 1 aliphatic carbocycles. The van der Waals surface area contributed by atoms with E-state index in [0.717, 1.165) is 18.0 Å². The Morgan fingerprint density at radius 1 is 1.53 bits per heavy atom. The molecular weight excluding hydrogens is 218 g/mol. The third kappa shape index (κ3) is 3.17. The summed E-state index contributed by atoms with van der Waals surface area (Å²) in [7, 11) is 2.02. The largest absolute Gasteiger partial charge is 0.398 e. The molecule has 1 aromatic rings. The summed E-state index contributed by atoms with van der Waals surface area (Å²) >= 11 is 0. The Balaban J connectivity index is 2.07. The van der Waals surface area contributed by atoms with E-state index < -0.39 is 0 Å². The molecule has 0 radical (unpaired) electrons. The quantitative estimate of drug-likeness (QED) is 0.481. The van der Waals surface area contributed by atoms with Crippen molar-refractivity contribution in [3.8, 4) is 0 Å². The molecule has 0 aliphatic heterocycles. The molecule has 0 spiro atoms. The summed E-state index contributed by atoms with van der Waals surface area (Å²) in [5.74, 6) is 0.805. The minimum atomic E-state index is -0.385. The summed E-state index contributed by atoms with van der Waals surface area (Å²) in [5, 5.41) is 10.7. The minimum Gasteiger partial charge on any atom is -0.398 e. The summed E-state index contributed by atoms with van der Waals surface area (Å²) in [5.41, 5.74) is 7.40. The van der Waals surface area contributed by atoms with Crippen LogP contribution in [-0.2, 0) is 6.54 Å². The van der Waals surface area contributed by atoms with E-state index >= 15 is 0 Å². The number of hydrogen-bond acceptors (Lipinski definition) is 4. The highest BCUT2D eigenvalue weighted by atomic mass is 16.6. The van der Waals surface area contributed by atoms with E-state index in [1.807, 2.05) is 7.05 Å². The molecule has 1 aliphatic rings. The van der Waals surface area contributed by atoms with Gasteiger partial charge >= 0.3 is 0 Å². The van der Waals surface area contributed by atoms with Crippen LogP contribution in [0.2, 0.25) is 0 Å². The van der Waals surface area contributed by atoms with Crippen LogP contribution in [0.25, 0.3) is 0 Å². The number of nitro benzene ring substituents is 1. The number of anilines is 1. The van der Waals surface area contributed by atoms with Crippen molar-refractivity contribution >= 4 is 11.4 Å². The Morgan fingerprint density at radius 3 is 2.82 bits per heavy atom. The molecule has 0 saturated heterocycles. The Morgan fingerprint density at radius 2 is 2.24 bits per heavy atom. The molecule has 5 heteroatoms. The van der Waals surface area contributed by atoms with Crippen molar-refractivity contribution in [1.82, 2.24) is 4.90 Å². The lowest BCUT2D eigenvalue weighted by Crippen LogP contribution is -2.21. The van der Waals surface area contributed by atoms with Crippen LogP contribution in [0.1, 0.15) is 18.4 Å². The van der Waals surface area contributed by atoms with Crippen molar-refractivity contribution in [3.63, 3.8) is 0 Å². The number of hydrogen-bond donors (Lipinski definition) is 1. The Labute approximate surface area is 100 Å². The lowest BCUT2D eigenvalue weighted by atomic mass is 10.1. The Bertz CT molecular complexity index is 430. The first-order chi connectivity index (χ1) is 8.06. The van der Waals surface area contributed by atoms with Gasteiger partial charge in [0.05, 0.1) is 4.92 Å². The second-order valence-electron chi connectivity index (χ2n) is 4.78. The molecule has 0 atom stereocenters. The fourth-order valence-corrected chi connectivity index (χ4v) is 1.94. The highest BCUT2D eigenvalue weighted by Gasteiger charge is 2.23. The number of nitrogens with two attached hydrogens (primary N) is 1. The lowest BCUT2D eigenvalue weighted by molar-refractivity contribution is -0.384. The van der Waals surface area contributed by atoms with Gasteiger partial charge in [0.15, 0.2) is 0 Å². The van der Waals surface area contributed by atoms with Gasteiger partial charge in [-0.2, -0.15) is 0 Å². The van der Waals surface area contributed by atoms with Crippen LogP contribution in [0.4, 0.5) is 11.4 Å². The van der Waals surface area contributed by atoms with E-state index in [0.29, 0.717) is 12.2 Å². The summed E-state index contributed by atoms with van der Waals surface area (Å²) in [4.78, 5) is 12.5. The molecule has 17 heavy (non-hydrogen) atoms. The monoisotopic (exact) mass is 235 g/mol. The first-order valence-electron chi connectivity index (χ1n) is 5.77. The number of benzene rings is 1. The predicted octanol–water partition coefficient (Wildman–Crippen LogP) is 2.02. The minimum absolute atomic E-state index is 0.106. The average Bonchev–Trinajstić information content (AvgIpc) is 3.04. The molecule has 0 aromatic heterocycles. The fourth-order valence-electron chi connectivity index (χ4n) is 1.94. The normalized spacial score (nSPS) is 15.2. The van der Waals surface area contributed by atoms with Crippen molar-refractivity contribution in [2.75, 3.05) is 19.3 Å². The predicted molar refractivity (Wildman–Crippen MR) is 66.6 cm³/mol. The smallest absolute Gasteiger partial charge is 0.269 e. The summed E-state index contributed by atoms with van der Waals surface area (Å²) in [6.45, 7) is 1.71. The molecule has 5 nitrogen and oxygen atoms in total. The molecule has 2 N–H and O–H groups in total. The first kappa shape index (κ1) is 11.9.